The number of carbonyl (C=O) groups excluding carboxylic acids is 2. The quantitative estimate of drug-likeness (QED) is 0.780. The van der Waals surface area contributed by atoms with Gasteiger partial charge in [-0.1, -0.05) is 36.5 Å². The maximum Gasteiger partial charge on any atom is 0.244 e. The van der Waals surface area contributed by atoms with Gasteiger partial charge in [0.15, 0.2) is 0 Å². The van der Waals surface area contributed by atoms with E-state index in [2.05, 4.69) is 5.32 Å². The lowest BCUT2D eigenvalue weighted by molar-refractivity contribution is -0.139. The summed E-state index contributed by atoms with van der Waals surface area (Å²) >= 11 is 12.0. The molecule has 0 heterocycles. The minimum atomic E-state index is -0.228. The Hall–Kier alpha value is -1.26. The molecule has 2 saturated carbocycles. The lowest BCUT2D eigenvalue weighted by atomic mass is 9.87. The number of hydrogen-bond acceptors (Lipinski definition) is 2. The first-order valence-electron chi connectivity index (χ1n) is 9.01. The van der Waals surface area contributed by atoms with Gasteiger partial charge in [0.2, 0.25) is 11.8 Å². The average Bonchev–Trinajstić information content (AvgIpc) is 3.19. The Balaban J connectivity index is 1.62. The van der Waals surface area contributed by atoms with Gasteiger partial charge in [0.1, 0.15) is 0 Å². The highest BCUT2D eigenvalue weighted by atomic mass is 35.5. The van der Waals surface area contributed by atoms with Gasteiger partial charge in [-0.05, 0) is 55.7 Å². The fraction of sp³-hybridized carbons (Fsp3) is 0.579. The molecule has 0 aliphatic heterocycles. The minimum absolute atomic E-state index is 0.0690. The number of carbonyl (C=O) groups is 2. The summed E-state index contributed by atoms with van der Waals surface area (Å²) in [5, 5.41) is 3.69. The molecule has 0 spiro atoms. The summed E-state index contributed by atoms with van der Waals surface area (Å²) in [6.07, 6.45) is 5.43. The molecule has 2 fully saturated rings. The number of fused-ring (bicyclic) bond motifs is 2. The molecule has 3 atom stereocenters. The number of amides is 2. The molecule has 136 valence electrons. The molecule has 25 heavy (non-hydrogen) atoms. The molecule has 1 aromatic rings. The van der Waals surface area contributed by atoms with Crippen molar-refractivity contribution in [2.24, 2.45) is 17.8 Å². The van der Waals surface area contributed by atoms with Crippen molar-refractivity contribution in [2.45, 2.75) is 39.0 Å². The smallest absolute Gasteiger partial charge is 0.244 e. The van der Waals surface area contributed by atoms with Crippen LogP contribution in [0.15, 0.2) is 18.2 Å². The van der Waals surface area contributed by atoms with Crippen molar-refractivity contribution in [3.05, 3.63) is 28.2 Å². The van der Waals surface area contributed by atoms with Crippen LogP contribution in [0.25, 0.3) is 0 Å². The van der Waals surface area contributed by atoms with Crippen LogP contribution in [0.1, 0.15) is 39.0 Å². The van der Waals surface area contributed by atoms with Crippen LogP contribution in [-0.2, 0) is 9.59 Å². The summed E-state index contributed by atoms with van der Waals surface area (Å²) in [5.41, 5.74) is 0.514. The molecule has 0 radical (unpaired) electrons. The lowest BCUT2D eigenvalue weighted by Crippen LogP contribution is -2.43. The van der Waals surface area contributed by atoms with E-state index in [9.17, 15) is 9.59 Å². The van der Waals surface area contributed by atoms with E-state index in [4.69, 9.17) is 23.2 Å². The molecular weight excluding hydrogens is 359 g/mol. The fourth-order valence-corrected chi connectivity index (χ4v) is 4.73. The molecule has 6 heteroatoms. The highest BCUT2D eigenvalue weighted by Gasteiger charge is 2.44. The topological polar surface area (TPSA) is 49.4 Å². The zero-order valence-electron chi connectivity index (χ0n) is 14.4. The van der Waals surface area contributed by atoms with Crippen LogP contribution in [0, 0.1) is 17.8 Å². The lowest BCUT2D eigenvalue weighted by Gasteiger charge is -2.29. The van der Waals surface area contributed by atoms with Gasteiger partial charge in [0.25, 0.3) is 0 Å². The van der Waals surface area contributed by atoms with Crippen LogP contribution in [-0.4, -0.2) is 29.8 Å². The number of nitrogens with one attached hydrogen (secondary N) is 1. The number of rotatable bonds is 6. The predicted octanol–water partition coefficient (Wildman–Crippen LogP) is 4.61. The Morgan fingerprint density at radius 3 is 2.64 bits per heavy atom. The van der Waals surface area contributed by atoms with Gasteiger partial charge in [-0.3, -0.25) is 9.59 Å². The highest BCUT2D eigenvalue weighted by Crippen LogP contribution is 2.48. The average molecular weight is 383 g/mol. The van der Waals surface area contributed by atoms with E-state index >= 15 is 0 Å². The van der Waals surface area contributed by atoms with Crippen molar-refractivity contribution in [3.63, 3.8) is 0 Å². The van der Waals surface area contributed by atoms with E-state index < -0.39 is 0 Å². The third-order valence-electron chi connectivity index (χ3n) is 5.40. The first-order valence-corrected chi connectivity index (χ1v) is 9.77. The van der Waals surface area contributed by atoms with Gasteiger partial charge in [-0.25, -0.2) is 0 Å². The second-order valence-electron chi connectivity index (χ2n) is 7.21. The maximum absolute atomic E-state index is 12.9. The van der Waals surface area contributed by atoms with Crippen molar-refractivity contribution in [2.75, 3.05) is 18.4 Å². The third kappa shape index (κ3) is 4.29. The largest absolute Gasteiger partial charge is 0.333 e. The Bertz CT molecular complexity index is 665. The molecule has 3 rings (SSSR count). The molecule has 3 unspecified atom stereocenters. The molecule has 0 saturated heterocycles. The molecule has 4 nitrogen and oxygen atoms in total. The standard InChI is InChI=1S/C19H24Cl2N2O2/c1-2-7-23(19(25)15-9-12-3-4-13(15)8-12)11-18(24)22-17-6-5-14(20)10-16(17)21/h5-6,10,12-13,15H,2-4,7-9,11H2,1H3,(H,22,24). The fourth-order valence-electron chi connectivity index (χ4n) is 4.27. The minimum Gasteiger partial charge on any atom is -0.333 e. The Morgan fingerprint density at radius 2 is 2.04 bits per heavy atom. The first-order chi connectivity index (χ1) is 12.0. The first kappa shape index (κ1) is 18.5. The molecular formula is C19H24Cl2N2O2. The van der Waals surface area contributed by atoms with Crippen LogP contribution >= 0.6 is 23.2 Å². The third-order valence-corrected chi connectivity index (χ3v) is 5.95. The van der Waals surface area contributed by atoms with Crippen molar-refractivity contribution < 1.29 is 9.59 Å². The normalized spacial score (nSPS) is 24.4. The molecule has 0 aromatic heterocycles. The van der Waals surface area contributed by atoms with Crippen molar-refractivity contribution in [3.8, 4) is 0 Å². The number of anilines is 1. The van der Waals surface area contributed by atoms with Gasteiger partial charge >= 0.3 is 0 Å². The Morgan fingerprint density at radius 1 is 1.24 bits per heavy atom. The van der Waals surface area contributed by atoms with Gasteiger partial charge < -0.3 is 10.2 Å². The van der Waals surface area contributed by atoms with Gasteiger partial charge in [-0.15, -0.1) is 0 Å². The summed E-state index contributed by atoms with van der Waals surface area (Å²) in [4.78, 5) is 27.1. The Kier molecular flexibility index (Phi) is 5.90. The van der Waals surface area contributed by atoms with Crippen LogP contribution in [0.3, 0.4) is 0 Å². The molecule has 1 N–H and O–H groups in total. The summed E-state index contributed by atoms with van der Waals surface area (Å²) in [6, 6.07) is 4.93. The molecule has 2 aliphatic carbocycles. The van der Waals surface area contributed by atoms with Crippen molar-refractivity contribution >= 4 is 40.7 Å². The summed E-state index contributed by atoms with van der Waals surface area (Å²) in [5.74, 6) is 1.26. The molecule has 2 aliphatic rings. The van der Waals surface area contributed by atoms with Gasteiger partial charge in [-0.2, -0.15) is 0 Å². The monoisotopic (exact) mass is 382 g/mol. The van der Waals surface area contributed by atoms with Crippen LogP contribution in [0.5, 0.6) is 0 Å². The van der Waals surface area contributed by atoms with Crippen molar-refractivity contribution in [1.82, 2.24) is 4.90 Å². The molecule has 2 amide bonds. The SMILES string of the molecule is CCCN(CC(=O)Nc1ccc(Cl)cc1Cl)C(=O)C1CC2CCC1C2. The van der Waals surface area contributed by atoms with E-state index in [1.54, 1.807) is 23.1 Å². The van der Waals surface area contributed by atoms with Gasteiger partial charge in [0, 0.05) is 17.5 Å². The summed E-state index contributed by atoms with van der Waals surface area (Å²) < 4.78 is 0. The van der Waals surface area contributed by atoms with Gasteiger partial charge in [0.05, 0.1) is 17.3 Å². The van der Waals surface area contributed by atoms with Crippen LogP contribution < -0.4 is 5.32 Å². The number of nitrogens with zero attached hydrogens (tertiary/aromatic N) is 1. The van der Waals surface area contributed by atoms with E-state index in [0.29, 0.717) is 34.1 Å². The predicted molar refractivity (Wildman–Crippen MR) is 101 cm³/mol. The number of hydrogen-bond donors (Lipinski definition) is 1. The highest BCUT2D eigenvalue weighted by molar-refractivity contribution is 6.36. The van der Waals surface area contributed by atoms with E-state index in [1.807, 2.05) is 6.92 Å². The van der Waals surface area contributed by atoms with Crippen LogP contribution in [0.4, 0.5) is 5.69 Å². The zero-order chi connectivity index (χ0) is 18.0. The van der Waals surface area contributed by atoms with E-state index in [0.717, 1.165) is 19.3 Å². The second-order valence-corrected chi connectivity index (χ2v) is 8.06. The van der Waals surface area contributed by atoms with Crippen molar-refractivity contribution in [1.29, 1.82) is 0 Å². The summed E-state index contributed by atoms with van der Waals surface area (Å²) in [6.45, 7) is 2.70. The van der Waals surface area contributed by atoms with Crippen LogP contribution in [0.2, 0.25) is 10.0 Å². The number of halogens is 2. The van der Waals surface area contributed by atoms with E-state index in [-0.39, 0.29) is 24.3 Å². The van der Waals surface area contributed by atoms with E-state index in [1.165, 1.54) is 12.8 Å². The summed E-state index contributed by atoms with van der Waals surface area (Å²) in [7, 11) is 0. The molecule has 1 aromatic carbocycles. The molecule has 2 bridgehead atoms. The maximum atomic E-state index is 12.9. The number of benzene rings is 1. The second kappa shape index (κ2) is 7.96. The Labute approximate surface area is 158 Å². The zero-order valence-corrected chi connectivity index (χ0v) is 15.9.